The highest BCUT2D eigenvalue weighted by molar-refractivity contribution is 7.80. The summed E-state index contributed by atoms with van der Waals surface area (Å²) in [6.07, 6.45) is 2.47. The quantitative estimate of drug-likeness (QED) is 0.305. The van der Waals surface area contributed by atoms with Gasteiger partial charge in [-0.05, 0) is 67.9 Å². The minimum atomic E-state index is 0.433. The van der Waals surface area contributed by atoms with Gasteiger partial charge in [0, 0.05) is 22.8 Å². The lowest BCUT2D eigenvalue weighted by Gasteiger charge is -2.13. The summed E-state index contributed by atoms with van der Waals surface area (Å²) in [5, 5.41) is 12.7. The van der Waals surface area contributed by atoms with Crippen LogP contribution in [0.25, 0.3) is 0 Å². The van der Waals surface area contributed by atoms with Gasteiger partial charge >= 0.3 is 0 Å². The molecule has 0 unspecified atom stereocenters. The first-order valence-electron chi connectivity index (χ1n) is 10.5. The van der Waals surface area contributed by atoms with Gasteiger partial charge in [-0.15, -0.1) is 0 Å². The van der Waals surface area contributed by atoms with E-state index in [0.717, 1.165) is 29.0 Å². The molecule has 33 heavy (non-hydrogen) atoms. The maximum atomic E-state index is 6.32. The first-order chi connectivity index (χ1) is 15.9. The summed E-state index contributed by atoms with van der Waals surface area (Å²) in [7, 11) is 0. The molecule has 0 bridgehead atoms. The zero-order valence-corrected chi connectivity index (χ0v) is 21.4. The first kappa shape index (κ1) is 25.4. The van der Waals surface area contributed by atoms with Crippen LogP contribution >= 0.6 is 47.0 Å². The molecule has 3 aromatic rings. The van der Waals surface area contributed by atoms with E-state index in [4.69, 9.17) is 56.5 Å². The first-order valence-corrected chi connectivity index (χ1v) is 12.0. The second-order valence-corrected chi connectivity index (χ2v) is 8.70. The molecule has 10 heteroatoms. The summed E-state index contributed by atoms with van der Waals surface area (Å²) in [6.45, 7) is 6.15. The lowest BCUT2D eigenvalue weighted by atomic mass is 10.1. The van der Waals surface area contributed by atoms with Gasteiger partial charge in [0.2, 0.25) is 0 Å². The second-order valence-electron chi connectivity index (χ2n) is 7.04. The van der Waals surface area contributed by atoms with E-state index >= 15 is 0 Å². The Kier molecular flexibility index (Phi) is 9.50. The number of hydrogen-bond donors (Lipinski definition) is 2. The average molecular weight is 528 g/mol. The standard InChI is InChI=1S/C23H25Cl3N4O2S/c1-3-31-20-8-5-15(11-21(20)32-4-2)9-10-27-23(33)28-22-19(26)14-30(29-22)13-16-6-7-17(24)12-18(16)25/h5-8,11-12,14H,3-4,9-10,13H2,1-2H3,(H2,27,28,29,33). The van der Waals surface area contributed by atoms with Crippen LogP contribution in [0.3, 0.4) is 0 Å². The van der Waals surface area contributed by atoms with Crippen LogP contribution in [0.5, 0.6) is 11.5 Å². The molecule has 0 radical (unpaired) electrons. The number of anilines is 1. The van der Waals surface area contributed by atoms with Crippen molar-refractivity contribution in [2.24, 2.45) is 0 Å². The number of halogens is 3. The number of ether oxygens (including phenoxy) is 2. The van der Waals surface area contributed by atoms with Gasteiger partial charge in [-0.2, -0.15) is 5.10 Å². The number of nitrogens with one attached hydrogen (secondary N) is 2. The van der Waals surface area contributed by atoms with Gasteiger partial charge in [-0.3, -0.25) is 4.68 Å². The molecule has 0 saturated heterocycles. The Morgan fingerprint density at radius 1 is 1.00 bits per heavy atom. The van der Waals surface area contributed by atoms with E-state index in [1.165, 1.54) is 0 Å². The minimum Gasteiger partial charge on any atom is -0.490 e. The van der Waals surface area contributed by atoms with Crippen LogP contribution in [0.15, 0.2) is 42.6 Å². The van der Waals surface area contributed by atoms with E-state index in [-0.39, 0.29) is 0 Å². The Hall–Kier alpha value is -2.19. The fourth-order valence-corrected chi connectivity index (χ4v) is 3.98. The van der Waals surface area contributed by atoms with Gasteiger partial charge < -0.3 is 20.1 Å². The molecule has 1 heterocycles. The van der Waals surface area contributed by atoms with E-state index in [9.17, 15) is 0 Å². The summed E-state index contributed by atoms with van der Waals surface area (Å²) in [4.78, 5) is 0. The molecule has 0 spiro atoms. The molecule has 2 aromatic carbocycles. The largest absolute Gasteiger partial charge is 0.490 e. The van der Waals surface area contributed by atoms with Crippen LogP contribution in [-0.2, 0) is 13.0 Å². The van der Waals surface area contributed by atoms with Crippen molar-refractivity contribution >= 4 is 58.0 Å². The van der Waals surface area contributed by atoms with Crippen LogP contribution in [0, 0.1) is 0 Å². The number of hydrogen-bond acceptors (Lipinski definition) is 4. The molecule has 0 atom stereocenters. The SMILES string of the molecule is CCOc1ccc(CCNC(=S)Nc2nn(Cc3ccc(Cl)cc3Cl)cc2Cl)cc1OCC. The zero-order valence-electron chi connectivity index (χ0n) is 18.3. The molecule has 0 aliphatic heterocycles. The van der Waals surface area contributed by atoms with Crippen molar-refractivity contribution in [3.63, 3.8) is 0 Å². The minimum absolute atomic E-state index is 0.433. The van der Waals surface area contributed by atoms with Gasteiger partial charge in [0.25, 0.3) is 0 Å². The fourth-order valence-electron chi connectivity index (χ4n) is 3.11. The summed E-state index contributed by atoms with van der Waals surface area (Å²) in [5.74, 6) is 1.97. The Labute approximate surface area is 214 Å². The third-order valence-electron chi connectivity index (χ3n) is 4.60. The van der Waals surface area contributed by atoms with Crippen molar-refractivity contribution in [1.82, 2.24) is 15.1 Å². The zero-order chi connectivity index (χ0) is 23.8. The Morgan fingerprint density at radius 3 is 2.48 bits per heavy atom. The highest BCUT2D eigenvalue weighted by atomic mass is 35.5. The molecular formula is C23H25Cl3N4O2S. The second kappa shape index (κ2) is 12.3. The molecule has 3 rings (SSSR count). The van der Waals surface area contributed by atoms with E-state index in [1.54, 1.807) is 23.0 Å². The Bertz CT molecular complexity index is 1110. The molecule has 2 N–H and O–H groups in total. The topological polar surface area (TPSA) is 60.3 Å². The lowest BCUT2D eigenvalue weighted by molar-refractivity contribution is 0.287. The normalized spacial score (nSPS) is 10.7. The number of thiocarbonyl (C=S) groups is 1. The Morgan fingerprint density at radius 2 is 1.76 bits per heavy atom. The molecule has 0 fully saturated rings. The van der Waals surface area contributed by atoms with Gasteiger partial charge in [-0.1, -0.05) is 46.9 Å². The maximum absolute atomic E-state index is 6.32. The third-order valence-corrected chi connectivity index (χ3v) is 5.71. The summed E-state index contributed by atoms with van der Waals surface area (Å²) in [6, 6.07) is 11.3. The molecule has 0 aliphatic carbocycles. The van der Waals surface area contributed by atoms with Crippen molar-refractivity contribution in [1.29, 1.82) is 0 Å². The van der Waals surface area contributed by atoms with Crippen LogP contribution in [0.1, 0.15) is 25.0 Å². The third kappa shape index (κ3) is 7.40. The smallest absolute Gasteiger partial charge is 0.173 e. The van der Waals surface area contributed by atoms with Gasteiger partial charge in [0.15, 0.2) is 22.4 Å². The average Bonchev–Trinajstić information content (AvgIpc) is 3.11. The van der Waals surface area contributed by atoms with Crippen LogP contribution in [0.2, 0.25) is 15.1 Å². The van der Waals surface area contributed by atoms with Gasteiger partial charge in [-0.25, -0.2) is 0 Å². The van der Waals surface area contributed by atoms with E-state index in [0.29, 0.717) is 52.3 Å². The van der Waals surface area contributed by atoms with Crippen molar-refractivity contribution in [2.45, 2.75) is 26.8 Å². The molecule has 0 aliphatic rings. The highest BCUT2D eigenvalue weighted by Crippen LogP contribution is 2.29. The number of nitrogens with zero attached hydrogens (tertiary/aromatic N) is 2. The summed E-state index contributed by atoms with van der Waals surface area (Å²) >= 11 is 23.9. The molecule has 0 amide bonds. The van der Waals surface area contributed by atoms with Crippen LogP contribution < -0.4 is 20.1 Å². The Balaban J connectivity index is 1.53. The molecule has 176 valence electrons. The molecule has 0 saturated carbocycles. The number of rotatable bonds is 10. The number of aromatic nitrogens is 2. The van der Waals surface area contributed by atoms with Crippen molar-refractivity contribution in [3.05, 3.63) is 68.8 Å². The predicted molar refractivity (Wildman–Crippen MR) is 140 cm³/mol. The molecule has 6 nitrogen and oxygen atoms in total. The van der Waals surface area contributed by atoms with Crippen molar-refractivity contribution < 1.29 is 9.47 Å². The molecular weight excluding hydrogens is 503 g/mol. The maximum Gasteiger partial charge on any atom is 0.173 e. The predicted octanol–water partition coefficient (Wildman–Crippen LogP) is 6.22. The van der Waals surface area contributed by atoms with Crippen molar-refractivity contribution in [3.8, 4) is 11.5 Å². The monoisotopic (exact) mass is 526 g/mol. The van der Waals surface area contributed by atoms with E-state index in [2.05, 4.69) is 15.7 Å². The van der Waals surface area contributed by atoms with E-state index < -0.39 is 0 Å². The number of benzene rings is 2. The summed E-state index contributed by atoms with van der Waals surface area (Å²) < 4.78 is 13.0. The molecule has 1 aromatic heterocycles. The van der Waals surface area contributed by atoms with Gasteiger partial charge in [0.1, 0.15) is 5.02 Å². The highest BCUT2D eigenvalue weighted by Gasteiger charge is 2.11. The van der Waals surface area contributed by atoms with Gasteiger partial charge in [0.05, 0.1) is 19.8 Å². The van der Waals surface area contributed by atoms with Crippen LogP contribution in [-0.4, -0.2) is 34.7 Å². The summed E-state index contributed by atoms with van der Waals surface area (Å²) in [5.41, 5.74) is 1.99. The fraction of sp³-hybridized carbons (Fsp3) is 0.304. The van der Waals surface area contributed by atoms with Crippen molar-refractivity contribution in [2.75, 3.05) is 25.1 Å². The van der Waals surface area contributed by atoms with Crippen LogP contribution in [0.4, 0.5) is 5.82 Å². The van der Waals surface area contributed by atoms with E-state index in [1.807, 2.05) is 38.1 Å². The lowest BCUT2D eigenvalue weighted by Crippen LogP contribution is -2.30.